The minimum Gasteiger partial charge on any atom is -0.307 e. The van der Waals surface area contributed by atoms with Crippen LogP contribution in [0.3, 0.4) is 0 Å². The fourth-order valence-corrected chi connectivity index (χ4v) is 3.11. The van der Waals surface area contributed by atoms with Crippen molar-refractivity contribution in [2.75, 3.05) is 20.1 Å². The molecule has 2 aromatic rings. The van der Waals surface area contributed by atoms with E-state index in [1.807, 2.05) is 30.3 Å². The van der Waals surface area contributed by atoms with Crippen molar-refractivity contribution in [1.29, 1.82) is 0 Å². The number of nitrogens with zero attached hydrogens (tertiary/aromatic N) is 1. The molecule has 0 saturated carbocycles. The lowest BCUT2D eigenvalue weighted by Crippen LogP contribution is -2.19. The molecule has 134 valence electrons. The largest absolute Gasteiger partial charge is 0.307 e. The standard InChI is InChI=1S/C23H31NO/c1-3-24(2)19-11-17-21-13-8-7-12-20(21)14-9-10-18-23(25)22-15-5-4-6-16-22/h4-8,12-13,15-16H,3,9-11,14,17-19H2,1-2H3. The number of aryl methyl sites for hydroxylation is 2. The average molecular weight is 338 g/mol. The van der Waals surface area contributed by atoms with Crippen molar-refractivity contribution >= 4 is 5.78 Å². The van der Waals surface area contributed by atoms with Gasteiger partial charge >= 0.3 is 0 Å². The maximum absolute atomic E-state index is 12.2. The van der Waals surface area contributed by atoms with Gasteiger partial charge in [-0.05, 0) is 63.4 Å². The van der Waals surface area contributed by atoms with Crippen LogP contribution in [-0.4, -0.2) is 30.8 Å². The lowest BCUT2D eigenvalue weighted by Gasteiger charge is -2.14. The molecule has 2 aromatic carbocycles. The average Bonchev–Trinajstić information content (AvgIpc) is 2.66. The van der Waals surface area contributed by atoms with Crippen LogP contribution in [0.25, 0.3) is 0 Å². The molecule has 0 spiro atoms. The van der Waals surface area contributed by atoms with Gasteiger partial charge in [-0.2, -0.15) is 0 Å². The summed E-state index contributed by atoms with van der Waals surface area (Å²) in [5, 5.41) is 0. The minimum atomic E-state index is 0.261. The van der Waals surface area contributed by atoms with Crippen LogP contribution in [0.4, 0.5) is 0 Å². The van der Waals surface area contributed by atoms with Crippen molar-refractivity contribution < 1.29 is 4.79 Å². The van der Waals surface area contributed by atoms with Crippen molar-refractivity contribution in [3.05, 3.63) is 71.3 Å². The van der Waals surface area contributed by atoms with Crippen molar-refractivity contribution in [1.82, 2.24) is 4.90 Å². The molecule has 0 heterocycles. The molecule has 0 amide bonds. The number of benzene rings is 2. The van der Waals surface area contributed by atoms with E-state index in [0.717, 1.165) is 44.3 Å². The quantitative estimate of drug-likeness (QED) is 0.416. The van der Waals surface area contributed by atoms with Gasteiger partial charge in [0.15, 0.2) is 5.78 Å². The topological polar surface area (TPSA) is 20.3 Å². The zero-order chi connectivity index (χ0) is 17.9. The van der Waals surface area contributed by atoms with Gasteiger partial charge < -0.3 is 4.90 Å². The molecule has 0 aliphatic heterocycles. The summed E-state index contributed by atoms with van der Waals surface area (Å²) in [5.74, 6) is 0.261. The number of ketones is 1. The molecule has 0 radical (unpaired) electrons. The number of unbranched alkanes of at least 4 members (excludes halogenated alkanes) is 1. The third-order valence-electron chi connectivity index (χ3n) is 4.84. The zero-order valence-electron chi connectivity index (χ0n) is 15.7. The van der Waals surface area contributed by atoms with E-state index in [1.54, 1.807) is 0 Å². The molecular formula is C23H31NO. The van der Waals surface area contributed by atoms with E-state index in [9.17, 15) is 4.79 Å². The maximum Gasteiger partial charge on any atom is 0.162 e. The first-order valence-corrected chi connectivity index (χ1v) is 9.54. The van der Waals surface area contributed by atoms with Crippen LogP contribution < -0.4 is 0 Å². The second-order valence-electron chi connectivity index (χ2n) is 6.76. The van der Waals surface area contributed by atoms with Crippen LogP contribution in [0.2, 0.25) is 0 Å². The Labute approximate surface area is 152 Å². The Morgan fingerprint density at radius 1 is 0.840 bits per heavy atom. The van der Waals surface area contributed by atoms with E-state index in [1.165, 1.54) is 17.5 Å². The Morgan fingerprint density at radius 2 is 1.44 bits per heavy atom. The summed E-state index contributed by atoms with van der Waals surface area (Å²) >= 11 is 0. The number of rotatable bonds is 11. The maximum atomic E-state index is 12.2. The smallest absolute Gasteiger partial charge is 0.162 e. The van der Waals surface area contributed by atoms with Gasteiger partial charge in [0.25, 0.3) is 0 Å². The van der Waals surface area contributed by atoms with Crippen LogP contribution in [0.1, 0.15) is 54.1 Å². The van der Waals surface area contributed by atoms with Gasteiger partial charge in [0.1, 0.15) is 0 Å². The van der Waals surface area contributed by atoms with Gasteiger partial charge in [0.2, 0.25) is 0 Å². The molecule has 2 nitrogen and oxygen atoms in total. The second-order valence-corrected chi connectivity index (χ2v) is 6.76. The van der Waals surface area contributed by atoms with Crippen molar-refractivity contribution in [2.24, 2.45) is 0 Å². The number of carbonyl (C=O) groups excluding carboxylic acids is 1. The lowest BCUT2D eigenvalue weighted by atomic mass is 9.97. The summed E-state index contributed by atoms with van der Waals surface area (Å²) in [5.41, 5.74) is 3.76. The third-order valence-corrected chi connectivity index (χ3v) is 4.84. The number of hydrogen-bond donors (Lipinski definition) is 0. The van der Waals surface area contributed by atoms with Gasteiger partial charge in [0.05, 0.1) is 0 Å². The normalized spacial score (nSPS) is 11.0. The lowest BCUT2D eigenvalue weighted by molar-refractivity contribution is 0.0979. The Kier molecular flexibility index (Phi) is 8.41. The summed E-state index contributed by atoms with van der Waals surface area (Å²) in [6.07, 6.45) is 6.09. The molecule has 0 fully saturated rings. The van der Waals surface area contributed by atoms with E-state index in [0.29, 0.717) is 6.42 Å². The number of carbonyl (C=O) groups is 1. The van der Waals surface area contributed by atoms with Gasteiger partial charge in [0, 0.05) is 12.0 Å². The molecule has 0 N–H and O–H groups in total. The molecule has 0 unspecified atom stereocenters. The molecule has 0 aliphatic carbocycles. The van der Waals surface area contributed by atoms with Gasteiger partial charge in [-0.15, -0.1) is 0 Å². The Morgan fingerprint density at radius 3 is 2.08 bits per heavy atom. The molecule has 0 aliphatic rings. The summed E-state index contributed by atoms with van der Waals surface area (Å²) < 4.78 is 0. The van der Waals surface area contributed by atoms with Crippen LogP contribution >= 0.6 is 0 Å². The highest BCUT2D eigenvalue weighted by atomic mass is 16.1. The number of Topliss-reactive ketones (excluding diaryl/α,β-unsaturated/α-hetero) is 1. The molecule has 0 aromatic heterocycles. The van der Waals surface area contributed by atoms with Crippen LogP contribution in [0.5, 0.6) is 0 Å². The minimum absolute atomic E-state index is 0.261. The molecule has 2 rings (SSSR count). The molecular weight excluding hydrogens is 306 g/mol. The SMILES string of the molecule is CCN(C)CCCc1ccccc1CCCCC(=O)c1ccccc1. The van der Waals surface area contributed by atoms with E-state index in [2.05, 4.69) is 43.1 Å². The number of hydrogen-bond acceptors (Lipinski definition) is 2. The molecule has 0 bridgehead atoms. The Hall–Kier alpha value is -1.93. The predicted octanol–water partition coefficient (Wildman–Crippen LogP) is 5.17. The third kappa shape index (κ3) is 6.83. The van der Waals surface area contributed by atoms with Gasteiger partial charge in [-0.1, -0.05) is 61.5 Å². The first-order valence-electron chi connectivity index (χ1n) is 9.54. The van der Waals surface area contributed by atoms with E-state index >= 15 is 0 Å². The fraction of sp³-hybridized carbons (Fsp3) is 0.435. The molecule has 0 atom stereocenters. The predicted molar refractivity (Wildman–Crippen MR) is 106 cm³/mol. The highest BCUT2D eigenvalue weighted by Crippen LogP contribution is 2.16. The van der Waals surface area contributed by atoms with Crippen molar-refractivity contribution in [3.63, 3.8) is 0 Å². The first kappa shape index (κ1) is 19.4. The summed E-state index contributed by atoms with van der Waals surface area (Å²) in [7, 11) is 2.18. The van der Waals surface area contributed by atoms with Crippen LogP contribution in [0.15, 0.2) is 54.6 Å². The van der Waals surface area contributed by atoms with Crippen molar-refractivity contribution in [2.45, 2.75) is 45.4 Å². The highest BCUT2D eigenvalue weighted by molar-refractivity contribution is 5.95. The van der Waals surface area contributed by atoms with E-state index < -0.39 is 0 Å². The van der Waals surface area contributed by atoms with E-state index in [-0.39, 0.29) is 5.78 Å². The summed E-state index contributed by atoms with van der Waals surface area (Å²) in [6.45, 7) is 4.46. The first-order chi connectivity index (χ1) is 12.2. The Balaban J connectivity index is 1.76. The Bertz CT molecular complexity index is 636. The van der Waals surface area contributed by atoms with Crippen LogP contribution in [-0.2, 0) is 12.8 Å². The van der Waals surface area contributed by atoms with Crippen molar-refractivity contribution in [3.8, 4) is 0 Å². The monoisotopic (exact) mass is 337 g/mol. The molecule has 25 heavy (non-hydrogen) atoms. The van der Waals surface area contributed by atoms with Crippen LogP contribution in [0, 0.1) is 0 Å². The molecule has 2 heteroatoms. The summed E-state index contributed by atoms with van der Waals surface area (Å²) in [6, 6.07) is 18.4. The zero-order valence-corrected chi connectivity index (χ0v) is 15.7. The second kappa shape index (κ2) is 10.8. The fourth-order valence-electron chi connectivity index (χ4n) is 3.11. The van der Waals surface area contributed by atoms with Gasteiger partial charge in [-0.3, -0.25) is 4.79 Å². The van der Waals surface area contributed by atoms with E-state index in [4.69, 9.17) is 0 Å². The van der Waals surface area contributed by atoms with Gasteiger partial charge in [-0.25, -0.2) is 0 Å². The highest BCUT2D eigenvalue weighted by Gasteiger charge is 2.06. The summed E-state index contributed by atoms with van der Waals surface area (Å²) in [4.78, 5) is 14.5. The molecule has 0 saturated heterocycles.